The number of aliphatic hydroxyl groups excluding tert-OH is 1. The van der Waals surface area contributed by atoms with Gasteiger partial charge in [-0.05, 0) is 62.3 Å². The lowest BCUT2D eigenvalue weighted by Crippen LogP contribution is -2.55. The SMILES string of the molecule is CC1(C)CCCN(C2CC(O)CCC23CCCC3)C1. The highest BCUT2D eigenvalue weighted by Crippen LogP contribution is 2.51. The molecule has 0 aromatic rings. The quantitative estimate of drug-likeness (QED) is 0.783. The van der Waals surface area contributed by atoms with Gasteiger partial charge in [-0.1, -0.05) is 26.7 Å². The van der Waals surface area contributed by atoms with Gasteiger partial charge in [0.1, 0.15) is 0 Å². The minimum absolute atomic E-state index is 0.0405. The Kier molecular flexibility index (Phi) is 3.68. The summed E-state index contributed by atoms with van der Waals surface area (Å²) in [7, 11) is 0. The molecule has 110 valence electrons. The number of likely N-dealkylation sites (tertiary alicyclic amines) is 1. The molecular formula is C17H31NO. The van der Waals surface area contributed by atoms with Crippen LogP contribution in [-0.2, 0) is 0 Å². The summed E-state index contributed by atoms with van der Waals surface area (Å²) >= 11 is 0. The number of rotatable bonds is 1. The van der Waals surface area contributed by atoms with Crippen molar-refractivity contribution in [3.05, 3.63) is 0 Å². The van der Waals surface area contributed by atoms with Gasteiger partial charge < -0.3 is 5.11 Å². The number of aliphatic hydroxyl groups is 1. The van der Waals surface area contributed by atoms with Crippen molar-refractivity contribution in [2.24, 2.45) is 10.8 Å². The van der Waals surface area contributed by atoms with E-state index in [-0.39, 0.29) is 6.10 Å². The van der Waals surface area contributed by atoms with Crippen LogP contribution in [0.15, 0.2) is 0 Å². The van der Waals surface area contributed by atoms with Crippen LogP contribution < -0.4 is 0 Å². The van der Waals surface area contributed by atoms with Gasteiger partial charge in [-0.25, -0.2) is 0 Å². The molecule has 1 N–H and O–H groups in total. The molecule has 3 rings (SSSR count). The Labute approximate surface area is 118 Å². The van der Waals surface area contributed by atoms with E-state index < -0.39 is 0 Å². The van der Waals surface area contributed by atoms with E-state index in [1.54, 1.807) is 0 Å². The smallest absolute Gasteiger partial charge is 0.0555 e. The molecule has 2 saturated carbocycles. The lowest BCUT2D eigenvalue weighted by Gasteiger charge is -2.52. The van der Waals surface area contributed by atoms with E-state index in [1.165, 1.54) is 58.0 Å². The molecule has 0 bridgehead atoms. The van der Waals surface area contributed by atoms with Crippen molar-refractivity contribution >= 4 is 0 Å². The maximum absolute atomic E-state index is 10.2. The normalized spacial score (nSPS) is 38.7. The molecule has 3 fully saturated rings. The molecule has 3 aliphatic rings. The number of hydrogen-bond donors (Lipinski definition) is 1. The van der Waals surface area contributed by atoms with Gasteiger partial charge in [0, 0.05) is 12.6 Å². The summed E-state index contributed by atoms with van der Waals surface area (Å²) in [6.45, 7) is 7.34. The largest absolute Gasteiger partial charge is 0.393 e. The van der Waals surface area contributed by atoms with Crippen LogP contribution in [0.5, 0.6) is 0 Å². The van der Waals surface area contributed by atoms with Crippen molar-refractivity contribution in [2.45, 2.75) is 83.8 Å². The second-order valence-corrected chi connectivity index (χ2v) is 8.25. The van der Waals surface area contributed by atoms with Gasteiger partial charge in [0.05, 0.1) is 6.10 Å². The van der Waals surface area contributed by atoms with Crippen molar-refractivity contribution in [1.29, 1.82) is 0 Å². The third-order valence-electron chi connectivity index (χ3n) is 6.15. The van der Waals surface area contributed by atoms with Crippen molar-refractivity contribution in [1.82, 2.24) is 4.90 Å². The number of piperidine rings is 1. The van der Waals surface area contributed by atoms with Crippen LogP contribution in [0, 0.1) is 10.8 Å². The van der Waals surface area contributed by atoms with E-state index in [4.69, 9.17) is 0 Å². The van der Waals surface area contributed by atoms with Crippen LogP contribution in [0.2, 0.25) is 0 Å². The predicted octanol–water partition coefficient (Wildman–Crippen LogP) is 3.58. The van der Waals surface area contributed by atoms with E-state index in [0.29, 0.717) is 16.9 Å². The molecule has 0 amide bonds. The minimum atomic E-state index is -0.0405. The molecular weight excluding hydrogens is 234 g/mol. The molecule has 1 heterocycles. The molecule has 2 unspecified atom stereocenters. The monoisotopic (exact) mass is 265 g/mol. The van der Waals surface area contributed by atoms with Crippen LogP contribution in [0.1, 0.15) is 71.6 Å². The highest BCUT2D eigenvalue weighted by atomic mass is 16.3. The Morgan fingerprint density at radius 2 is 1.74 bits per heavy atom. The van der Waals surface area contributed by atoms with Gasteiger partial charge in [0.2, 0.25) is 0 Å². The van der Waals surface area contributed by atoms with Gasteiger partial charge >= 0.3 is 0 Å². The topological polar surface area (TPSA) is 23.5 Å². The lowest BCUT2D eigenvalue weighted by molar-refractivity contribution is -0.0511. The Hall–Kier alpha value is -0.0800. The fourth-order valence-corrected chi connectivity index (χ4v) is 5.18. The van der Waals surface area contributed by atoms with E-state index in [2.05, 4.69) is 18.7 Å². The first-order valence-corrected chi connectivity index (χ1v) is 8.43. The third-order valence-corrected chi connectivity index (χ3v) is 6.15. The van der Waals surface area contributed by atoms with Crippen LogP contribution >= 0.6 is 0 Å². The van der Waals surface area contributed by atoms with Crippen LogP contribution in [0.4, 0.5) is 0 Å². The summed E-state index contributed by atoms with van der Waals surface area (Å²) in [5.41, 5.74) is 1.03. The minimum Gasteiger partial charge on any atom is -0.393 e. The average Bonchev–Trinajstić information content (AvgIpc) is 2.81. The molecule has 2 heteroatoms. The molecule has 0 aromatic heterocycles. The first-order valence-electron chi connectivity index (χ1n) is 8.43. The summed E-state index contributed by atoms with van der Waals surface area (Å²) in [5.74, 6) is 0. The lowest BCUT2D eigenvalue weighted by atomic mass is 9.66. The summed E-state index contributed by atoms with van der Waals surface area (Å²) in [4.78, 5) is 2.76. The van der Waals surface area contributed by atoms with Crippen LogP contribution in [0.25, 0.3) is 0 Å². The van der Waals surface area contributed by atoms with Crippen molar-refractivity contribution in [2.75, 3.05) is 13.1 Å². The molecule has 1 aliphatic heterocycles. The zero-order chi connectivity index (χ0) is 13.5. The molecule has 0 radical (unpaired) electrons. The Balaban J connectivity index is 1.78. The zero-order valence-electron chi connectivity index (χ0n) is 12.8. The number of nitrogens with zero attached hydrogens (tertiary/aromatic N) is 1. The van der Waals surface area contributed by atoms with E-state index in [0.717, 1.165) is 12.8 Å². The third kappa shape index (κ3) is 2.71. The van der Waals surface area contributed by atoms with Crippen molar-refractivity contribution < 1.29 is 5.11 Å². The maximum Gasteiger partial charge on any atom is 0.0555 e. The summed E-state index contributed by atoms with van der Waals surface area (Å²) < 4.78 is 0. The van der Waals surface area contributed by atoms with E-state index in [1.807, 2.05) is 0 Å². The molecule has 2 aliphatic carbocycles. The maximum atomic E-state index is 10.2. The second-order valence-electron chi connectivity index (χ2n) is 8.25. The molecule has 1 saturated heterocycles. The van der Waals surface area contributed by atoms with E-state index >= 15 is 0 Å². The van der Waals surface area contributed by atoms with Crippen LogP contribution in [0.3, 0.4) is 0 Å². The summed E-state index contributed by atoms with van der Waals surface area (Å²) in [6.07, 6.45) is 11.7. The number of hydrogen-bond acceptors (Lipinski definition) is 2. The van der Waals surface area contributed by atoms with Crippen LogP contribution in [-0.4, -0.2) is 35.2 Å². The summed E-state index contributed by atoms with van der Waals surface area (Å²) in [6, 6.07) is 0.665. The first kappa shape index (κ1) is 13.9. The highest BCUT2D eigenvalue weighted by Gasteiger charge is 2.48. The van der Waals surface area contributed by atoms with Crippen molar-refractivity contribution in [3.8, 4) is 0 Å². The van der Waals surface area contributed by atoms with Gasteiger partial charge in [-0.15, -0.1) is 0 Å². The zero-order valence-corrected chi connectivity index (χ0v) is 12.8. The summed E-state index contributed by atoms with van der Waals surface area (Å²) in [5, 5.41) is 10.2. The highest BCUT2D eigenvalue weighted by molar-refractivity contribution is 5.01. The molecule has 0 aromatic carbocycles. The average molecular weight is 265 g/mol. The predicted molar refractivity (Wildman–Crippen MR) is 79.1 cm³/mol. The first-order chi connectivity index (χ1) is 9.01. The van der Waals surface area contributed by atoms with Gasteiger partial charge in [-0.3, -0.25) is 4.90 Å². The Bertz CT molecular complexity index is 319. The molecule has 1 spiro atoms. The van der Waals surface area contributed by atoms with Gasteiger partial charge in [0.25, 0.3) is 0 Å². The standard InChI is InChI=1S/C17H31NO/c1-16(2)7-5-11-18(13-16)15-12-14(19)6-10-17(15)8-3-4-9-17/h14-15,19H,3-13H2,1-2H3. The molecule has 2 nitrogen and oxygen atoms in total. The molecule has 2 atom stereocenters. The van der Waals surface area contributed by atoms with E-state index in [9.17, 15) is 5.11 Å². The fraction of sp³-hybridized carbons (Fsp3) is 1.00. The fourth-order valence-electron chi connectivity index (χ4n) is 5.18. The van der Waals surface area contributed by atoms with Gasteiger partial charge in [-0.2, -0.15) is 0 Å². The van der Waals surface area contributed by atoms with Crippen molar-refractivity contribution in [3.63, 3.8) is 0 Å². The Morgan fingerprint density at radius 3 is 2.42 bits per heavy atom. The second kappa shape index (κ2) is 5.04. The molecule has 19 heavy (non-hydrogen) atoms. The van der Waals surface area contributed by atoms with Gasteiger partial charge in [0.15, 0.2) is 0 Å². The Morgan fingerprint density at radius 1 is 1.00 bits per heavy atom.